The maximum atomic E-state index is 11.7. The fraction of sp³-hybridized carbons (Fsp3) is 0.846. The van der Waals surface area contributed by atoms with Gasteiger partial charge in [-0.2, -0.15) is 0 Å². The van der Waals surface area contributed by atoms with Gasteiger partial charge in [-0.1, -0.05) is 20.3 Å². The van der Waals surface area contributed by atoms with E-state index in [0.717, 1.165) is 25.8 Å². The molecule has 1 saturated heterocycles. The second-order valence-electron chi connectivity index (χ2n) is 5.42. The Kier molecular flexibility index (Phi) is 6.12. The number of carbonyl (C=O) groups is 2. The van der Waals surface area contributed by atoms with Gasteiger partial charge in [-0.05, 0) is 25.3 Å². The first-order valence-electron chi connectivity index (χ1n) is 6.71. The number of carboxylic acid groups (broad SMARTS) is 1. The first kappa shape index (κ1) is 15.0. The number of piperidine rings is 1. The van der Waals surface area contributed by atoms with Crippen molar-refractivity contribution in [3.05, 3.63) is 0 Å². The fourth-order valence-corrected chi connectivity index (χ4v) is 2.26. The Morgan fingerprint density at radius 1 is 1.39 bits per heavy atom. The third-order valence-corrected chi connectivity index (χ3v) is 3.21. The van der Waals surface area contributed by atoms with Crippen molar-refractivity contribution in [2.45, 2.75) is 45.6 Å². The van der Waals surface area contributed by atoms with Gasteiger partial charge in [-0.3, -0.25) is 14.5 Å². The quantitative estimate of drug-likeness (QED) is 0.746. The summed E-state index contributed by atoms with van der Waals surface area (Å²) >= 11 is 0. The van der Waals surface area contributed by atoms with Crippen LogP contribution in [0.1, 0.15) is 39.5 Å². The van der Waals surface area contributed by atoms with Crippen LogP contribution in [-0.2, 0) is 9.59 Å². The summed E-state index contributed by atoms with van der Waals surface area (Å²) in [6.07, 6.45) is 3.12. The van der Waals surface area contributed by atoms with Crippen LogP contribution in [0.15, 0.2) is 0 Å². The molecular formula is C13H24N2O3. The highest BCUT2D eigenvalue weighted by atomic mass is 16.4. The van der Waals surface area contributed by atoms with E-state index in [0.29, 0.717) is 19.0 Å². The largest absolute Gasteiger partial charge is 0.481 e. The molecule has 1 rings (SSSR count). The van der Waals surface area contributed by atoms with Gasteiger partial charge in [0.15, 0.2) is 0 Å². The Morgan fingerprint density at radius 2 is 2.11 bits per heavy atom. The molecule has 0 aromatic heterocycles. The first-order chi connectivity index (χ1) is 8.49. The molecule has 0 bridgehead atoms. The Labute approximate surface area is 109 Å². The van der Waals surface area contributed by atoms with E-state index >= 15 is 0 Å². The molecule has 1 amide bonds. The number of likely N-dealkylation sites (tertiary alicyclic amines) is 1. The molecule has 1 heterocycles. The maximum Gasteiger partial charge on any atom is 0.304 e. The number of aliphatic carboxylic acids is 1. The highest BCUT2D eigenvalue weighted by molar-refractivity contribution is 5.78. The molecule has 0 aromatic rings. The van der Waals surface area contributed by atoms with Crippen molar-refractivity contribution in [3.8, 4) is 0 Å². The Hall–Kier alpha value is -1.10. The Balaban J connectivity index is 2.41. The number of nitrogens with zero attached hydrogens (tertiary/aromatic N) is 1. The number of hydrogen-bond acceptors (Lipinski definition) is 3. The summed E-state index contributed by atoms with van der Waals surface area (Å²) < 4.78 is 0. The molecule has 0 spiro atoms. The van der Waals surface area contributed by atoms with E-state index in [2.05, 4.69) is 19.2 Å². The molecule has 0 aliphatic carbocycles. The van der Waals surface area contributed by atoms with E-state index < -0.39 is 5.97 Å². The van der Waals surface area contributed by atoms with Crippen LogP contribution in [0.2, 0.25) is 0 Å². The zero-order chi connectivity index (χ0) is 13.5. The average Bonchev–Trinajstić information content (AvgIpc) is 2.28. The number of rotatable bonds is 6. The van der Waals surface area contributed by atoms with Crippen LogP contribution in [0.3, 0.4) is 0 Å². The van der Waals surface area contributed by atoms with E-state index in [1.54, 1.807) is 0 Å². The highest BCUT2D eigenvalue weighted by Gasteiger charge is 2.25. The fourth-order valence-electron chi connectivity index (χ4n) is 2.26. The Bertz CT molecular complexity index is 292. The first-order valence-corrected chi connectivity index (χ1v) is 6.71. The van der Waals surface area contributed by atoms with Gasteiger partial charge in [0.2, 0.25) is 5.91 Å². The standard InChI is InChI=1S/C13H24N2O3/c1-10(2)8-14-12(16)9-15-6-4-3-5-11(15)7-13(17)18/h10-11H,3-9H2,1-2H3,(H,14,16)(H,17,18)/t11-/m0/s1. The Morgan fingerprint density at radius 3 is 2.72 bits per heavy atom. The third-order valence-electron chi connectivity index (χ3n) is 3.21. The van der Waals surface area contributed by atoms with Crippen LogP contribution in [0.25, 0.3) is 0 Å². The second-order valence-corrected chi connectivity index (χ2v) is 5.42. The van der Waals surface area contributed by atoms with Gasteiger partial charge in [0.1, 0.15) is 0 Å². The van der Waals surface area contributed by atoms with E-state index in [4.69, 9.17) is 5.11 Å². The summed E-state index contributed by atoms with van der Waals surface area (Å²) in [4.78, 5) is 24.5. The van der Waals surface area contributed by atoms with Gasteiger partial charge in [-0.15, -0.1) is 0 Å². The molecule has 2 N–H and O–H groups in total. The zero-order valence-electron chi connectivity index (χ0n) is 11.3. The summed E-state index contributed by atoms with van der Waals surface area (Å²) in [5, 5.41) is 11.7. The summed E-state index contributed by atoms with van der Waals surface area (Å²) in [7, 11) is 0. The second kappa shape index (κ2) is 7.36. The summed E-state index contributed by atoms with van der Waals surface area (Å²) in [6, 6.07) is 0.0149. The van der Waals surface area contributed by atoms with Crippen molar-refractivity contribution in [1.82, 2.24) is 10.2 Å². The van der Waals surface area contributed by atoms with Gasteiger partial charge in [0, 0.05) is 12.6 Å². The topological polar surface area (TPSA) is 69.6 Å². The zero-order valence-corrected chi connectivity index (χ0v) is 11.3. The lowest BCUT2D eigenvalue weighted by atomic mass is 9.99. The van der Waals surface area contributed by atoms with E-state index in [1.807, 2.05) is 4.90 Å². The molecule has 0 unspecified atom stereocenters. The van der Waals surface area contributed by atoms with Crippen molar-refractivity contribution < 1.29 is 14.7 Å². The molecule has 1 fully saturated rings. The third kappa shape index (κ3) is 5.49. The van der Waals surface area contributed by atoms with E-state index in [1.165, 1.54) is 0 Å². The molecule has 1 aliphatic rings. The van der Waals surface area contributed by atoms with Crippen LogP contribution < -0.4 is 5.32 Å². The van der Waals surface area contributed by atoms with Crippen molar-refractivity contribution in [3.63, 3.8) is 0 Å². The summed E-state index contributed by atoms with van der Waals surface area (Å²) in [5.41, 5.74) is 0. The molecular weight excluding hydrogens is 232 g/mol. The molecule has 0 radical (unpaired) electrons. The number of hydrogen-bond donors (Lipinski definition) is 2. The minimum Gasteiger partial charge on any atom is -0.481 e. The summed E-state index contributed by atoms with van der Waals surface area (Å²) in [5.74, 6) is -0.347. The van der Waals surface area contributed by atoms with Gasteiger partial charge in [0.25, 0.3) is 0 Å². The van der Waals surface area contributed by atoms with Gasteiger partial charge >= 0.3 is 5.97 Å². The van der Waals surface area contributed by atoms with Crippen molar-refractivity contribution >= 4 is 11.9 Å². The lowest BCUT2D eigenvalue weighted by Crippen LogP contribution is -2.46. The van der Waals surface area contributed by atoms with E-state index in [-0.39, 0.29) is 18.4 Å². The van der Waals surface area contributed by atoms with Crippen molar-refractivity contribution in [2.24, 2.45) is 5.92 Å². The molecule has 5 heteroatoms. The van der Waals surface area contributed by atoms with Gasteiger partial charge < -0.3 is 10.4 Å². The smallest absolute Gasteiger partial charge is 0.304 e. The lowest BCUT2D eigenvalue weighted by molar-refractivity contribution is -0.139. The van der Waals surface area contributed by atoms with Crippen LogP contribution >= 0.6 is 0 Å². The van der Waals surface area contributed by atoms with Crippen molar-refractivity contribution in [1.29, 1.82) is 0 Å². The molecule has 104 valence electrons. The minimum absolute atomic E-state index is 0.000916. The molecule has 1 atom stereocenters. The summed E-state index contributed by atoms with van der Waals surface area (Å²) in [6.45, 7) is 5.93. The number of carbonyl (C=O) groups excluding carboxylic acids is 1. The molecule has 0 saturated carbocycles. The SMILES string of the molecule is CC(C)CNC(=O)CN1CCCC[C@H]1CC(=O)O. The predicted octanol–water partition coefficient (Wildman–Crippen LogP) is 1.09. The predicted molar refractivity (Wildman–Crippen MR) is 69.3 cm³/mol. The van der Waals surface area contributed by atoms with E-state index in [9.17, 15) is 9.59 Å². The minimum atomic E-state index is -0.783. The normalized spacial score (nSPS) is 20.9. The van der Waals surface area contributed by atoms with Crippen LogP contribution in [0, 0.1) is 5.92 Å². The molecule has 5 nitrogen and oxygen atoms in total. The maximum absolute atomic E-state index is 11.7. The monoisotopic (exact) mass is 256 g/mol. The average molecular weight is 256 g/mol. The molecule has 0 aromatic carbocycles. The molecule has 1 aliphatic heterocycles. The molecule has 18 heavy (non-hydrogen) atoms. The van der Waals surface area contributed by atoms with Crippen LogP contribution in [0.4, 0.5) is 0 Å². The van der Waals surface area contributed by atoms with Crippen molar-refractivity contribution in [2.75, 3.05) is 19.6 Å². The van der Waals surface area contributed by atoms with Gasteiger partial charge in [-0.25, -0.2) is 0 Å². The number of amides is 1. The lowest BCUT2D eigenvalue weighted by Gasteiger charge is -2.34. The number of nitrogens with one attached hydrogen (secondary N) is 1. The van der Waals surface area contributed by atoms with Crippen LogP contribution in [-0.4, -0.2) is 47.6 Å². The highest BCUT2D eigenvalue weighted by Crippen LogP contribution is 2.19. The van der Waals surface area contributed by atoms with Gasteiger partial charge in [0.05, 0.1) is 13.0 Å². The number of carboxylic acids is 1. The van der Waals surface area contributed by atoms with Crippen LogP contribution in [0.5, 0.6) is 0 Å².